The molecule has 20 heavy (non-hydrogen) atoms. The number of nitrogens with zero attached hydrogens (tertiary/aromatic N) is 2. The Morgan fingerprint density at radius 3 is 2.35 bits per heavy atom. The lowest BCUT2D eigenvalue weighted by Gasteiger charge is -2.20. The van der Waals surface area contributed by atoms with Gasteiger partial charge in [0.1, 0.15) is 11.6 Å². The highest BCUT2D eigenvalue weighted by atomic mass is 19.4. The molecule has 0 aliphatic heterocycles. The zero-order valence-corrected chi connectivity index (χ0v) is 12.2. The van der Waals surface area contributed by atoms with E-state index >= 15 is 0 Å². The number of hydrogen-bond donors (Lipinski definition) is 2. The number of halogens is 3. The summed E-state index contributed by atoms with van der Waals surface area (Å²) in [6.45, 7) is 4.92. The van der Waals surface area contributed by atoms with Crippen LogP contribution in [0, 0.1) is 0 Å². The average molecular weight is 290 g/mol. The lowest BCUT2D eigenvalue weighted by Crippen LogP contribution is -2.30. The molecule has 0 aliphatic rings. The highest BCUT2D eigenvalue weighted by Gasteiger charge is 2.31. The van der Waals surface area contributed by atoms with Gasteiger partial charge in [0.2, 0.25) is 0 Å². The van der Waals surface area contributed by atoms with E-state index in [0.29, 0.717) is 13.1 Å². The molecule has 0 aromatic carbocycles. The maximum absolute atomic E-state index is 12.8. The molecular formula is C13H21F3N4. The summed E-state index contributed by atoms with van der Waals surface area (Å²) in [7, 11) is 3.81. The minimum absolute atomic E-state index is 0.00420. The van der Waals surface area contributed by atoms with Crippen LogP contribution >= 0.6 is 0 Å². The van der Waals surface area contributed by atoms with Crippen LogP contribution in [-0.2, 0) is 6.18 Å². The van der Waals surface area contributed by atoms with Crippen molar-refractivity contribution in [3.8, 4) is 0 Å². The molecule has 0 aliphatic carbocycles. The van der Waals surface area contributed by atoms with Gasteiger partial charge in [0.05, 0.1) is 5.56 Å². The second-order valence-electron chi connectivity index (χ2n) is 4.96. The van der Waals surface area contributed by atoms with Crippen molar-refractivity contribution in [3.05, 3.63) is 17.7 Å². The van der Waals surface area contributed by atoms with Crippen LogP contribution in [0.1, 0.15) is 19.4 Å². The van der Waals surface area contributed by atoms with Crippen molar-refractivity contribution >= 4 is 11.6 Å². The van der Waals surface area contributed by atoms with E-state index < -0.39 is 11.7 Å². The Kier molecular flexibility index (Phi) is 5.62. The number of pyridine rings is 1. The highest BCUT2D eigenvalue weighted by molar-refractivity contribution is 5.50. The van der Waals surface area contributed by atoms with E-state index in [2.05, 4.69) is 15.6 Å². The van der Waals surface area contributed by atoms with Gasteiger partial charge in [0.25, 0.3) is 0 Å². The average Bonchev–Trinajstić information content (AvgIpc) is 2.26. The van der Waals surface area contributed by atoms with Crippen molar-refractivity contribution < 1.29 is 13.2 Å². The van der Waals surface area contributed by atoms with Crippen LogP contribution in [0.2, 0.25) is 0 Å². The van der Waals surface area contributed by atoms with E-state index in [9.17, 15) is 13.2 Å². The van der Waals surface area contributed by atoms with Crippen molar-refractivity contribution in [2.24, 2.45) is 0 Å². The quantitative estimate of drug-likeness (QED) is 0.845. The highest BCUT2D eigenvalue weighted by Crippen LogP contribution is 2.32. The summed E-state index contributed by atoms with van der Waals surface area (Å²) in [6, 6.07) is 2.05. The van der Waals surface area contributed by atoms with Crippen LogP contribution in [0.4, 0.5) is 24.8 Å². The molecule has 0 amide bonds. The Labute approximate surface area is 117 Å². The number of hydrogen-bond acceptors (Lipinski definition) is 4. The van der Waals surface area contributed by atoms with Crippen LogP contribution in [0.3, 0.4) is 0 Å². The van der Waals surface area contributed by atoms with Gasteiger partial charge in [-0.2, -0.15) is 13.2 Å². The molecule has 1 aromatic rings. The van der Waals surface area contributed by atoms with E-state index in [1.165, 1.54) is 0 Å². The fraction of sp³-hybridized carbons (Fsp3) is 0.615. The number of aromatic nitrogens is 1. The number of nitrogens with one attached hydrogen (secondary N) is 2. The van der Waals surface area contributed by atoms with Crippen LogP contribution in [0.15, 0.2) is 12.1 Å². The standard InChI is InChI=1S/C13H21F3N4/c1-5-17-11-6-10(13(14,15)16)7-12(19-11)18-9(2)8-20(3)4/h6-7,9H,5,8H2,1-4H3,(H2,17,18,19). The Morgan fingerprint density at radius 2 is 1.85 bits per heavy atom. The van der Waals surface area contributed by atoms with Gasteiger partial charge in [-0.3, -0.25) is 0 Å². The summed E-state index contributed by atoms with van der Waals surface area (Å²) in [5, 5.41) is 5.80. The lowest BCUT2D eigenvalue weighted by atomic mass is 10.2. The number of rotatable bonds is 6. The van der Waals surface area contributed by atoms with Gasteiger partial charge < -0.3 is 15.5 Å². The summed E-state index contributed by atoms with van der Waals surface area (Å²) in [5.74, 6) is 0.451. The third-order valence-corrected chi connectivity index (χ3v) is 2.54. The lowest BCUT2D eigenvalue weighted by molar-refractivity contribution is -0.137. The molecule has 1 heterocycles. The Balaban J connectivity index is 2.97. The van der Waals surface area contributed by atoms with Crippen molar-refractivity contribution in [3.63, 3.8) is 0 Å². The van der Waals surface area contributed by atoms with Crippen LogP contribution in [0.5, 0.6) is 0 Å². The van der Waals surface area contributed by atoms with Gasteiger partial charge in [-0.05, 0) is 40.1 Å². The van der Waals surface area contributed by atoms with Gasteiger partial charge in [-0.1, -0.05) is 0 Å². The third kappa shape index (κ3) is 5.24. The molecule has 0 spiro atoms. The first-order valence-corrected chi connectivity index (χ1v) is 6.46. The Bertz CT molecular complexity index is 432. The Hall–Kier alpha value is -1.50. The molecule has 0 bridgehead atoms. The van der Waals surface area contributed by atoms with Gasteiger partial charge in [-0.15, -0.1) is 0 Å². The monoisotopic (exact) mass is 290 g/mol. The van der Waals surface area contributed by atoms with Crippen molar-refractivity contribution in [1.82, 2.24) is 9.88 Å². The molecule has 1 aromatic heterocycles. The first-order valence-electron chi connectivity index (χ1n) is 6.46. The molecule has 0 saturated heterocycles. The summed E-state index contributed by atoms with van der Waals surface area (Å²) in [6.07, 6.45) is -4.38. The summed E-state index contributed by atoms with van der Waals surface area (Å²) in [5.41, 5.74) is -0.706. The molecule has 1 unspecified atom stereocenters. The van der Waals surface area contributed by atoms with Crippen LogP contribution in [-0.4, -0.2) is 43.1 Å². The zero-order valence-electron chi connectivity index (χ0n) is 12.2. The number of anilines is 2. The first kappa shape index (κ1) is 16.6. The molecule has 114 valence electrons. The smallest absolute Gasteiger partial charge is 0.370 e. The van der Waals surface area contributed by atoms with E-state index in [4.69, 9.17) is 0 Å². The zero-order chi connectivity index (χ0) is 15.3. The van der Waals surface area contributed by atoms with Gasteiger partial charge in [0, 0.05) is 19.1 Å². The maximum atomic E-state index is 12.8. The fourth-order valence-electron chi connectivity index (χ4n) is 1.89. The molecular weight excluding hydrogens is 269 g/mol. The predicted molar refractivity (Wildman–Crippen MR) is 75.0 cm³/mol. The molecule has 1 rings (SSSR count). The van der Waals surface area contributed by atoms with Crippen molar-refractivity contribution in [1.29, 1.82) is 0 Å². The molecule has 0 fully saturated rings. The van der Waals surface area contributed by atoms with Gasteiger partial charge >= 0.3 is 6.18 Å². The molecule has 1 atom stereocenters. The van der Waals surface area contributed by atoms with Crippen LogP contribution in [0.25, 0.3) is 0 Å². The Morgan fingerprint density at radius 1 is 1.25 bits per heavy atom. The number of likely N-dealkylation sites (N-methyl/N-ethyl adjacent to an activating group) is 1. The van der Waals surface area contributed by atoms with Crippen molar-refractivity contribution in [2.45, 2.75) is 26.1 Å². The van der Waals surface area contributed by atoms with E-state index in [-0.39, 0.29) is 17.7 Å². The van der Waals surface area contributed by atoms with E-state index in [0.717, 1.165) is 12.1 Å². The molecule has 0 radical (unpaired) electrons. The van der Waals surface area contributed by atoms with E-state index in [1.54, 1.807) is 0 Å². The van der Waals surface area contributed by atoms with Gasteiger partial charge in [-0.25, -0.2) is 4.98 Å². The molecule has 4 nitrogen and oxygen atoms in total. The normalized spacial score (nSPS) is 13.4. The SMILES string of the molecule is CCNc1cc(C(F)(F)F)cc(NC(C)CN(C)C)n1. The topological polar surface area (TPSA) is 40.2 Å². The first-order chi connectivity index (χ1) is 9.22. The largest absolute Gasteiger partial charge is 0.416 e. The predicted octanol–water partition coefficient (Wildman–Crippen LogP) is 2.89. The minimum atomic E-state index is -4.38. The van der Waals surface area contributed by atoms with Gasteiger partial charge in [0.15, 0.2) is 0 Å². The van der Waals surface area contributed by atoms with E-state index in [1.807, 2.05) is 32.8 Å². The minimum Gasteiger partial charge on any atom is -0.370 e. The third-order valence-electron chi connectivity index (χ3n) is 2.54. The summed E-state index contributed by atoms with van der Waals surface area (Å²) in [4.78, 5) is 6.10. The van der Waals surface area contributed by atoms with Crippen LogP contribution < -0.4 is 10.6 Å². The number of alkyl halides is 3. The molecule has 7 heteroatoms. The second kappa shape index (κ2) is 6.78. The summed E-state index contributed by atoms with van der Waals surface area (Å²) < 4.78 is 38.5. The maximum Gasteiger partial charge on any atom is 0.416 e. The summed E-state index contributed by atoms with van der Waals surface area (Å²) >= 11 is 0. The second-order valence-corrected chi connectivity index (χ2v) is 4.96. The van der Waals surface area contributed by atoms with Crippen molar-refractivity contribution in [2.75, 3.05) is 37.8 Å². The fourth-order valence-corrected chi connectivity index (χ4v) is 1.89. The molecule has 0 saturated carbocycles. The molecule has 2 N–H and O–H groups in total.